The minimum Gasteiger partial charge on any atom is -0.483 e. The van der Waals surface area contributed by atoms with Gasteiger partial charge in [-0.05, 0) is 43.4 Å². The largest absolute Gasteiger partial charge is 0.483 e. The van der Waals surface area contributed by atoms with Gasteiger partial charge in [-0.3, -0.25) is 14.5 Å². The fourth-order valence-corrected chi connectivity index (χ4v) is 3.63. The Morgan fingerprint density at radius 1 is 1.23 bits per heavy atom. The van der Waals surface area contributed by atoms with Crippen LogP contribution in [0.25, 0.3) is 0 Å². The molecule has 2 saturated heterocycles. The van der Waals surface area contributed by atoms with E-state index >= 15 is 0 Å². The number of rotatable bonds is 3. The minimum atomic E-state index is -0.250. The van der Waals surface area contributed by atoms with Gasteiger partial charge in [0.15, 0.2) is 0 Å². The number of carbonyl (C=O) groups excluding carboxylic acids is 1. The molecule has 5 nitrogen and oxygen atoms in total. The monoisotopic (exact) mass is 382 g/mol. The van der Waals surface area contributed by atoms with Gasteiger partial charge in [0, 0.05) is 43.7 Å². The Morgan fingerprint density at radius 2 is 1.85 bits per heavy atom. The number of aryl methyl sites for hydroxylation is 1. The third-order valence-electron chi connectivity index (χ3n) is 4.74. The number of benzene rings is 1. The second-order valence-corrected chi connectivity index (χ2v) is 6.79. The van der Waals surface area contributed by atoms with Gasteiger partial charge in [0.2, 0.25) is 5.91 Å². The highest BCUT2D eigenvalue weighted by Gasteiger charge is 2.30. The van der Waals surface area contributed by atoms with E-state index in [0.29, 0.717) is 11.9 Å². The van der Waals surface area contributed by atoms with Crippen molar-refractivity contribution in [1.82, 2.24) is 9.80 Å². The molecule has 2 aliphatic heterocycles. The third-order valence-corrected chi connectivity index (χ3v) is 5.16. The van der Waals surface area contributed by atoms with Crippen LogP contribution < -0.4 is 0 Å². The van der Waals surface area contributed by atoms with Crippen molar-refractivity contribution in [2.24, 2.45) is 0 Å². The molecule has 0 spiro atoms. The molecule has 1 N–H and O–H groups in total. The topological polar surface area (TPSA) is 60.9 Å². The summed E-state index contributed by atoms with van der Waals surface area (Å²) in [7, 11) is 0. The molecule has 0 atom stereocenters. The van der Waals surface area contributed by atoms with Crippen LogP contribution in [0.5, 0.6) is 0 Å². The number of carboxylic acid groups (broad SMARTS) is 1. The Kier molecular flexibility index (Phi) is 10.3. The number of amides is 1. The maximum atomic E-state index is 11.8. The molecule has 0 bridgehead atoms. The van der Waals surface area contributed by atoms with E-state index in [0.717, 1.165) is 62.4 Å². The highest BCUT2D eigenvalue weighted by atomic mass is 35.5. The summed E-state index contributed by atoms with van der Waals surface area (Å²) in [5.74, 6) is 0.363. The molecule has 0 radical (unpaired) electrons. The number of halogens is 1. The number of carbonyl (C=O) groups is 2. The smallest absolute Gasteiger partial charge is 0.290 e. The molecule has 6 heteroatoms. The Labute approximate surface area is 161 Å². The van der Waals surface area contributed by atoms with E-state index in [-0.39, 0.29) is 6.47 Å². The first kappa shape index (κ1) is 22.5. The molecule has 2 aliphatic rings. The van der Waals surface area contributed by atoms with E-state index in [4.69, 9.17) is 21.5 Å². The van der Waals surface area contributed by atoms with E-state index in [1.807, 2.05) is 19.9 Å². The second kappa shape index (κ2) is 11.9. The average Bonchev–Trinajstić information content (AvgIpc) is 3.07. The van der Waals surface area contributed by atoms with E-state index in [2.05, 4.69) is 28.9 Å². The molecule has 1 aromatic carbocycles. The Morgan fingerprint density at radius 3 is 2.35 bits per heavy atom. The van der Waals surface area contributed by atoms with Gasteiger partial charge in [-0.2, -0.15) is 0 Å². The molecule has 0 unspecified atom stereocenters. The van der Waals surface area contributed by atoms with Crippen LogP contribution in [0.3, 0.4) is 0 Å². The molecule has 1 aromatic rings. The van der Waals surface area contributed by atoms with Crippen molar-refractivity contribution in [1.29, 1.82) is 0 Å². The molecule has 0 aliphatic carbocycles. The van der Waals surface area contributed by atoms with Gasteiger partial charge in [-0.25, -0.2) is 0 Å². The van der Waals surface area contributed by atoms with Gasteiger partial charge in [0.1, 0.15) is 0 Å². The molecule has 0 aromatic heterocycles. The normalized spacial score (nSPS) is 17.8. The maximum Gasteiger partial charge on any atom is 0.290 e. The van der Waals surface area contributed by atoms with Crippen LogP contribution in [0, 0.1) is 6.92 Å². The van der Waals surface area contributed by atoms with Crippen molar-refractivity contribution in [3.63, 3.8) is 0 Å². The first-order valence-electron chi connectivity index (χ1n) is 9.40. The molecule has 3 rings (SSSR count). The lowest BCUT2D eigenvalue weighted by Gasteiger charge is -2.36. The number of nitrogens with zero attached hydrogens (tertiary/aromatic N) is 2. The van der Waals surface area contributed by atoms with Gasteiger partial charge in [-0.15, -0.1) is 0 Å². The summed E-state index contributed by atoms with van der Waals surface area (Å²) in [5.41, 5.74) is 2.47. The van der Waals surface area contributed by atoms with Crippen molar-refractivity contribution >= 4 is 24.0 Å². The lowest BCUT2D eigenvalue weighted by atomic mass is 10.0. The Bertz CT molecular complexity index is 572. The van der Waals surface area contributed by atoms with E-state index in [9.17, 15) is 4.79 Å². The number of likely N-dealkylation sites (tertiary alicyclic amines) is 2. The summed E-state index contributed by atoms with van der Waals surface area (Å²) in [6.45, 7) is 9.92. The van der Waals surface area contributed by atoms with Crippen molar-refractivity contribution < 1.29 is 14.7 Å². The summed E-state index contributed by atoms with van der Waals surface area (Å²) < 4.78 is 0. The van der Waals surface area contributed by atoms with Crippen molar-refractivity contribution in [3.05, 3.63) is 34.3 Å². The summed E-state index contributed by atoms with van der Waals surface area (Å²) in [6, 6.07) is 6.76. The van der Waals surface area contributed by atoms with Gasteiger partial charge >= 0.3 is 0 Å². The quantitative estimate of drug-likeness (QED) is 0.803. The summed E-state index contributed by atoms with van der Waals surface area (Å²) in [6.07, 6.45) is 4.02. The standard InChI is InChI=1S/C17H23ClN2O.C2H6.CH2O2/c1-13-11-14(4-5-16(13)18)12-19-9-6-15(7-10-19)20-8-2-3-17(20)21;1-2;2-1-3/h4-5,11,15H,2-3,6-10,12H2,1H3;1-2H3;1H,(H,2,3). The highest BCUT2D eigenvalue weighted by Crippen LogP contribution is 2.24. The fourth-order valence-electron chi connectivity index (χ4n) is 3.51. The molecule has 2 fully saturated rings. The van der Waals surface area contributed by atoms with Gasteiger partial charge in [0.05, 0.1) is 0 Å². The molecular formula is C20H31ClN2O3. The first-order valence-corrected chi connectivity index (χ1v) is 9.77. The summed E-state index contributed by atoms with van der Waals surface area (Å²) in [4.78, 5) is 24.8. The predicted octanol–water partition coefficient (Wildman–Crippen LogP) is 3.96. The van der Waals surface area contributed by atoms with Crippen molar-refractivity contribution in [2.75, 3.05) is 19.6 Å². The average molecular weight is 383 g/mol. The third kappa shape index (κ3) is 6.61. The van der Waals surface area contributed by atoms with Crippen LogP contribution in [0.4, 0.5) is 0 Å². The number of hydrogen-bond donors (Lipinski definition) is 1. The SMILES string of the molecule is CC.Cc1cc(CN2CCC(N3CCCC3=O)CC2)ccc1Cl.O=CO. The molecule has 2 heterocycles. The zero-order valence-electron chi connectivity index (χ0n) is 16.1. The predicted molar refractivity (Wildman–Crippen MR) is 105 cm³/mol. The van der Waals surface area contributed by atoms with Crippen LogP contribution in [-0.4, -0.2) is 53.0 Å². The number of piperidine rings is 1. The van der Waals surface area contributed by atoms with Crippen LogP contribution in [0.15, 0.2) is 18.2 Å². The zero-order valence-corrected chi connectivity index (χ0v) is 16.8. The van der Waals surface area contributed by atoms with E-state index in [1.54, 1.807) is 0 Å². The van der Waals surface area contributed by atoms with Crippen molar-refractivity contribution in [2.45, 2.75) is 59.0 Å². The fraction of sp³-hybridized carbons (Fsp3) is 0.600. The van der Waals surface area contributed by atoms with Crippen LogP contribution in [0.2, 0.25) is 5.02 Å². The Hall–Kier alpha value is -1.59. The molecule has 26 heavy (non-hydrogen) atoms. The lowest BCUT2D eigenvalue weighted by Crippen LogP contribution is -2.45. The molecule has 146 valence electrons. The summed E-state index contributed by atoms with van der Waals surface area (Å²) in [5, 5.41) is 7.73. The molecular weight excluding hydrogens is 352 g/mol. The Balaban J connectivity index is 0.000000615. The highest BCUT2D eigenvalue weighted by molar-refractivity contribution is 6.31. The lowest BCUT2D eigenvalue weighted by molar-refractivity contribution is -0.130. The number of hydrogen-bond acceptors (Lipinski definition) is 3. The molecule has 0 saturated carbocycles. The van der Waals surface area contributed by atoms with Gasteiger partial charge in [-0.1, -0.05) is 37.6 Å². The minimum absolute atomic E-state index is 0.250. The van der Waals surface area contributed by atoms with Crippen LogP contribution in [0.1, 0.15) is 50.7 Å². The maximum absolute atomic E-state index is 11.8. The van der Waals surface area contributed by atoms with Gasteiger partial charge < -0.3 is 10.0 Å². The van der Waals surface area contributed by atoms with Crippen LogP contribution in [-0.2, 0) is 16.1 Å². The van der Waals surface area contributed by atoms with Gasteiger partial charge in [0.25, 0.3) is 6.47 Å². The van der Waals surface area contributed by atoms with E-state index in [1.165, 1.54) is 5.56 Å². The first-order chi connectivity index (χ1) is 12.5. The van der Waals surface area contributed by atoms with Crippen molar-refractivity contribution in [3.8, 4) is 0 Å². The zero-order chi connectivity index (χ0) is 19.5. The summed E-state index contributed by atoms with van der Waals surface area (Å²) >= 11 is 6.08. The second-order valence-electron chi connectivity index (χ2n) is 6.39. The van der Waals surface area contributed by atoms with Crippen LogP contribution >= 0.6 is 11.6 Å². The molecule has 1 amide bonds. The van der Waals surface area contributed by atoms with E-state index < -0.39 is 0 Å².